The molecular weight excluding hydrogens is 314 g/mol. The fourth-order valence-electron chi connectivity index (χ4n) is 2.36. The molecule has 0 saturated heterocycles. The van der Waals surface area contributed by atoms with Crippen molar-refractivity contribution in [3.05, 3.63) is 69.2 Å². The van der Waals surface area contributed by atoms with E-state index in [1.807, 2.05) is 25.1 Å². The van der Waals surface area contributed by atoms with E-state index in [0.29, 0.717) is 21.9 Å². The van der Waals surface area contributed by atoms with Crippen molar-refractivity contribution >= 4 is 22.5 Å². The van der Waals surface area contributed by atoms with Crippen molar-refractivity contribution in [2.45, 2.75) is 19.6 Å². The molecule has 0 aliphatic heterocycles. The van der Waals surface area contributed by atoms with Gasteiger partial charge in [-0.2, -0.15) is 0 Å². The van der Waals surface area contributed by atoms with E-state index in [1.165, 1.54) is 0 Å². The topological polar surface area (TPSA) is 81.0 Å². The molecule has 3 N–H and O–H groups in total. The Morgan fingerprint density at radius 1 is 1.35 bits per heavy atom. The van der Waals surface area contributed by atoms with Crippen molar-refractivity contribution < 1.29 is 4.74 Å². The summed E-state index contributed by atoms with van der Waals surface area (Å²) in [6.07, 6.45) is 1.45. The largest absolute Gasteiger partial charge is 0.483 e. The van der Waals surface area contributed by atoms with Crippen LogP contribution >= 0.6 is 11.6 Å². The predicted molar refractivity (Wildman–Crippen MR) is 90.8 cm³/mol. The summed E-state index contributed by atoms with van der Waals surface area (Å²) in [7, 11) is 0. The van der Waals surface area contributed by atoms with Crippen LogP contribution in [0, 0.1) is 0 Å². The van der Waals surface area contributed by atoms with Gasteiger partial charge in [-0.1, -0.05) is 17.7 Å². The van der Waals surface area contributed by atoms with Crippen LogP contribution in [0.5, 0.6) is 5.75 Å². The van der Waals surface area contributed by atoms with Crippen LogP contribution in [0.2, 0.25) is 5.02 Å². The molecule has 0 unspecified atom stereocenters. The summed E-state index contributed by atoms with van der Waals surface area (Å²) >= 11 is 6.30. The second-order valence-corrected chi connectivity index (χ2v) is 5.62. The average Bonchev–Trinajstić information content (AvgIpc) is 2.56. The third-order valence-electron chi connectivity index (χ3n) is 3.60. The summed E-state index contributed by atoms with van der Waals surface area (Å²) in [5.41, 5.74) is 7.32. The number of rotatable bonds is 4. The summed E-state index contributed by atoms with van der Waals surface area (Å²) < 4.78 is 5.89. The first-order valence-electron chi connectivity index (χ1n) is 7.21. The highest BCUT2D eigenvalue weighted by molar-refractivity contribution is 6.32. The highest BCUT2D eigenvalue weighted by atomic mass is 35.5. The zero-order valence-electron chi connectivity index (χ0n) is 12.5. The second kappa shape index (κ2) is 6.40. The number of nitrogens with one attached hydrogen (secondary N) is 1. The molecule has 23 heavy (non-hydrogen) atoms. The van der Waals surface area contributed by atoms with E-state index in [0.717, 1.165) is 11.1 Å². The second-order valence-electron chi connectivity index (χ2n) is 5.21. The molecule has 1 atom stereocenters. The Bertz CT molecular complexity index is 893. The molecule has 1 aromatic carbocycles. The van der Waals surface area contributed by atoms with E-state index in [2.05, 4.69) is 9.97 Å². The number of fused-ring (bicyclic) bond motifs is 1. The van der Waals surface area contributed by atoms with Gasteiger partial charge in [0.05, 0.1) is 16.2 Å². The summed E-state index contributed by atoms with van der Waals surface area (Å²) in [5.74, 6) is 0.494. The van der Waals surface area contributed by atoms with Crippen LogP contribution in [0.3, 0.4) is 0 Å². The maximum absolute atomic E-state index is 11.9. The number of aromatic nitrogens is 2. The minimum Gasteiger partial charge on any atom is -0.483 e. The SMILES string of the molecule is C[C@@H](Oc1cc2[nH]c(=O)c(CN)cc2cc1Cl)c1ccccn1. The van der Waals surface area contributed by atoms with E-state index >= 15 is 0 Å². The van der Waals surface area contributed by atoms with Gasteiger partial charge in [0, 0.05) is 29.8 Å². The first-order chi connectivity index (χ1) is 11.1. The molecule has 6 heteroatoms. The van der Waals surface area contributed by atoms with Crippen LogP contribution in [0.25, 0.3) is 10.9 Å². The normalized spacial score (nSPS) is 12.3. The number of nitrogens with two attached hydrogens (primary N) is 1. The molecule has 5 nitrogen and oxygen atoms in total. The van der Waals surface area contributed by atoms with Crippen molar-refractivity contribution in [2.24, 2.45) is 5.73 Å². The van der Waals surface area contributed by atoms with Gasteiger partial charge in [-0.15, -0.1) is 0 Å². The minimum absolute atomic E-state index is 0.178. The average molecular weight is 330 g/mol. The fraction of sp³-hybridized carbons (Fsp3) is 0.176. The Balaban J connectivity index is 1.98. The Kier molecular flexibility index (Phi) is 4.32. The van der Waals surface area contributed by atoms with Crippen molar-refractivity contribution in [3.63, 3.8) is 0 Å². The molecule has 0 saturated carbocycles. The fourth-order valence-corrected chi connectivity index (χ4v) is 2.58. The maximum atomic E-state index is 11.9. The van der Waals surface area contributed by atoms with Gasteiger partial charge < -0.3 is 15.5 Å². The zero-order chi connectivity index (χ0) is 16.4. The van der Waals surface area contributed by atoms with Gasteiger partial charge in [0.2, 0.25) is 0 Å². The number of benzene rings is 1. The monoisotopic (exact) mass is 329 g/mol. The van der Waals surface area contributed by atoms with Gasteiger partial charge in [-0.25, -0.2) is 0 Å². The molecule has 3 aromatic rings. The van der Waals surface area contributed by atoms with E-state index < -0.39 is 0 Å². The lowest BCUT2D eigenvalue weighted by atomic mass is 10.1. The van der Waals surface area contributed by atoms with Crippen molar-refractivity contribution in [1.29, 1.82) is 0 Å². The van der Waals surface area contributed by atoms with Gasteiger partial charge >= 0.3 is 0 Å². The smallest absolute Gasteiger partial charge is 0.252 e. The number of ether oxygens (including phenoxy) is 1. The molecule has 3 rings (SSSR count). The Hall–Kier alpha value is -2.37. The van der Waals surface area contributed by atoms with Crippen LogP contribution in [0.4, 0.5) is 0 Å². The lowest BCUT2D eigenvalue weighted by molar-refractivity contribution is 0.222. The van der Waals surface area contributed by atoms with E-state index in [1.54, 1.807) is 24.4 Å². The quantitative estimate of drug-likeness (QED) is 0.770. The van der Waals surface area contributed by atoms with Crippen LogP contribution in [0.15, 0.2) is 47.4 Å². The number of nitrogens with zero attached hydrogens (tertiary/aromatic N) is 1. The lowest BCUT2D eigenvalue weighted by Gasteiger charge is -2.16. The highest BCUT2D eigenvalue weighted by Crippen LogP contribution is 2.32. The van der Waals surface area contributed by atoms with Crippen LogP contribution in [-0.2, 0) is 6.54 Å². The van der Waals surface area contributed by atoms with Crippen LogP contribution in [0.1, 0.15) is 24.3 Å². The van der Waals surface area contributed by atoms with Crippen molar-refractivity contribution in [1.82, 2.24) is 9.97 Å². The molecule has 0 fully saturated rings. The number of H-pyrrole nitrogens is 1. The summed E-state index contributed by atoms with van der Waals surface area (Å²) in [4.78, 5) is 18.9. The molecule has 118 valence electrons. The Morgan fingerprint density at radius 2 is 2.17 bits per heavy atom. The van der Waals surface area contributed by atoms with E-state index in [4.69, 9.17) is 22.1 Å². The van der Waals surface area contributed by atoms with Crippen molar-refractivity contribution in [3.8, 4) is 5.75 Å². The van der Waals surface area contributed by atoms with Crippen molar-refractivity contribution in [2.75, 3.05) is 0 Å². The lowest BCUT2D eigenvalue weighted by Crippen LogP contribution is -2.15. The van der Waals surface area contributed by atoms with Crippen LogP contribution < -0.4 is 16.0 Å². The molecule has 0 aliphatic carbocycles. The third kappa shape index (κ3) is 3.21. The zero-order valence-corrected chi connectivity index (χ0v) is 13.3. The Morgan fingerprint density at radius 3 is 2.87 bits per heavy atom. The van der Waals surface area contributed by atoms with E-state index in [-0.39, 0.29) is 18.2 Å². The molecule has 0 aliphatic rings. The molecule has 2 aromatic heterocycles. The van der Waals surface area contributed by atoms with Gasteiger partial charge in [-0.05, 0) is 31.2 Å². The molecule has 0 spiro atoms. The van der Waals surface area contributed by atoms with Gasteiger partial charge in [-0.3, -0.25) is 9.78 Å². The molecule has 0 amide bonds. The molecule has 0 radical (unpaired) electrons. The first kappa shape index (κ1) is 15.5. The van der Waals surface area contributed by atoms with E-state index in [9.17, 15) is 4.79 Å². The third-order valence-corrected chi connectivity index (χ3v) is 3.90. The summed E-state index contributed by atoms with van der Waals surface area (Å²) in [6, 6.07) is 10.8. The molecule has 0 bridgehead atoms. The highest BCUT2D eigenvalue weighted by Gasteiger charge is 2.13. The summed E-state index contributed by atoms with van der Waals surface area (Å²) in [5, 5.41) is 1.28. The van der Waals surface area contributed by atoms with Gasteiger partial charge in [0.1, 0.15) is 11.9 Å². The van der Waals surface area contributed by atoms with Crippen LogP contribution in [-0.4, -0.2) is 9.97 Å². The number of aromatic amines is 1. The van der Waals surface area contributed by atoms with Gasteiger partial charge in [0.15, 0.2) is 0 Å². The maximum Gasteiger partial charge on any atom is 0.252 e. The standard InChI is InChI=1S/C17H16ClN3O2/c1-10(14-4-2-3-5-20-14)23-16-8-15-11(7-13(16)18)6-12(9-19)17(22)21-15/h2-8,10H,9,19H2,1H3,(H,21,22)/t10-/m1/s1. The number of pyridine rings is 2. The number of hydrogen-bond acceptors (Lipinski definition) is 4. The number of halogens is 1. The molecular formula is C17H16ClN3O2. The molecule has 2 heterocycles. The predicted octanol–water partition coefficient (Wildman–Crippen LogP) is 3.18. The summed E-state index contributed by atoms with van der Waals surface area (Å²) in [6.45, 7) is 2.07. The van der Waals surface area contributed by atoms with Gasteiger partial charge in [0.25, 0.3) is 5.56 Å². The minimum atomic E-state index is -0.263. The number of hydrogen-bond donors (Lipinski definition) is 2. The Labute approximate surface area is 138 Å². The first-order valence-corrected chi connectivity index (χ1v) is 7.59.